The van der Waals surface area contributed by atoms with E-state index in [0.717, 1.165) is 38.8 Å². The molecule has 2 rings (SSSR count). The maximum Gasteiger partial charge on any atom is 0.313 e. The lowest BCUT2D eigenvalue weighted by molar-refractivity contribution is -0.135. The molecule has 0 aliphatic carbocycles. The maximum atomic E-state index is 13.7. The van der Waals surface area contributed by atoms with E-state index >= 15 is 0 Å². The van der Waals surface area contributed by atoms with E-state index in [1.807, 2.05) is 9.24 Å². The van der Waals surface area contributed by atoms with E-state index in [1.165, 1.54) is 0 Å². The van der Waals surface area contributed by atoms with Gasteiger partial charge < -0.3 is 33.7 Å². The number of hydrogen-bond donors (Lipinski definition) is 1. The smallest absolute Gasteiger partial charge is 0.313 e. The first-order valence-corrected chi connectivity index (χ1v) is 14.2. The molecule has 0 radical (unpaired) electrons. The minimum atomic E-state index is -1.44. The Morgan fingerprint density at radius 2 is 1.23 bits per heavy atom. The lowest BCUT2D eigenvalue weighted by Gasteiger charge is -2.19. The third-order valence-electron chi connectivity index (χ3n) is 6.08. The average molecular weight is 596 g/mol. The van der Waals surface area contributed by atoms with Gasteiger partial charge in [-0.15, -0.1) is 0 Å². The first-order chi connectivity index (χ1) is 19.4. The number of Topliss-reactive ketones (excluding diaryl/α,β-unsaturated/α-hetero) is 1. The van der Waals surface area contributed by atoms with Crippen LogP contribution in [0.25, 0.3) is 0 Å². The Morgan fingerprint density at radius 3 is 1.75 bits per heavy atom. The summed E-state index contributed by atoms with van der Waals surface area (Å²) in [7, 11) is 1.87. The van der Waals surface area contributed by atoms with Gasteiger partial charge in [0, 0.05) is 18.4 Å². The second kappa shape index (κ2) is 21.1. The summed E-state index contributed by atoms with van der Waals surface area (Å²) in [6, 6.07) is 0.374. The largest absolute Gasteiger partial charge is 0.422 e. The van der Waals surface area contributed by atoms with E-state index in [2.05, 4.69) is 5.32 Å². The molecule has 1 atom stereocenters. The van der Waals surface area contributed by atoms with Crippen LogP contribution in [0.1, 0.15) is 38.5 Å². The zero-order valence-electron chi connectivity index (χ0n) is 22.9. The highest BCUT2D eigenvalue weighted by Gasteiger charge is 2.20. The van der Waals surface area contributed by atoms with Crippen molar-refractivity contribution in [1.29, 1.82) is 0 Å². The topological polar surface area (TPSA) is 102 Å². The van der Waals surface area contributed by atoms with E-state index < -0.39 is 29.2 Å². The van der Waals surface area contributed by atoms with Crippen LogP contribution in [0.5, 0.6) is 5.75 Å². The minimum Gasteiger partial charge on any atom is -0.422 e. The molecule has 40 heavy (non-hydrogen) atoms. The summed E-state index contributed by atoms with van der Waals surface area (Å²) < 4.78 is 72.1. The zero-order chi connectivity index (χ0) is 29.0. The highest BCUT2D eigenvalue weighted by Crippen LogP contribution is 2.22. The molecule has 1 aromatic carbocycles. The second-order valence-electron chi connectivity index (χ2n) is 9.13. The lowest BCUT2D eigenvalue weighted by atomic mass is 9.90. The molecule has 1 saturated heterocycles. The Labute approximate surface area is 235 Å². The van der Waals surface area contributed by atoms with Gasteiger partial charge in [-0.3, -0.25) is 9.59 Å². The predicted molar refractivity (Wildman–Crippen MR) is 144 cm³/mol. The van der Waals surface area contributed by atoms with Gasteiger partial charge >= 0.3 is 5.97 Å². The Hall–Kier alpha value is -1.66. The Kier molecular flexibility index (Phi) is 18.2. The molecule has 0 amide bonds. The number of rotatable bonds is 20. The Bertz CT molecular complexity index is 862. The summed E-state index contributed by atoms with van der Waals surface area (Å²) in [6.45, 7) is 5.26. The lowest BCUT2D eigenvalue weighted by Crippen LogP contribution is -2.25. The molecular weight excluding hydrogens is 554 g/mol. The van der Waals surface area contributed by atoms with Crippen LogP contribution in [-0.2, 0) is 33.3 Å². The molecule has 1 unspecified atom stereocenters. The first kappa shape index (κ1) is 34.5. The average Bonchev–Trinajstić information content (AvgIpc) is 2.91. The summed E-state index contributed by atoms with van der Waals surface area (Å²) in [5.74, 6) is -5.12. The molecule has 0 aromatic heterocycles. The van der Waals surface area contributed by atoms with Gasteiger partial charge in [0.15, 0.2) is 11.6 Å². The fraction of sp³-hybridized carbons (Fsp3) is 0.704. The standard InChI is InChI=1S/C27H41F3NO8P/c28-21-19-22(29)27(40)26(25(21)30)39-24(33)6-10-35-12-14-37-16-18-38-17-15-36-13-11-34-9-5-23(32)20-3-1-7-31-8-2-4-20/h19-20,31H,1-18,40H2. The van der Waals surface area contributed by atoms with Crippen molar-refractivity contribution in [3.05, 3.63) is 23.5 Å². The van der Waals surface area contributed by atoms with Crippen LogP contribution < -0.4 is 15.4 Å². The van der Waals surface area contributed by atoms with Crippen LogP contribution in [0.4, 0.5) is 13.2 Å². The fourth-order valence-corrected chi connectivity index (χ4v) is 4.17. The van der Waals surface area contributed by atoms with Crippen molar-refractivity contribution < 1.29 is 51.2 Å². The molecular formula is C27H41F3NO8P. The molecule has 1 aromatic rings. The molecule has 0 spiro atoms. The highest BCUT2D eigenvalue weighted by atomic mass is 31.0. The van der Waals surface area contributed by atoms with Crippen molar-refractivity contribution >= 4 is 26.3 Å². The summed E-state index contributed by atoms with van der Waals surface area (Å²) in [4.78, 5) is 24.1. The molecule has 0 bridgehead atoms. The summed E-state index contributed by atoms with van der Waals surface area (Å²) in [5, 5.41) is 2.98. The molecule has 9 nitrogen and oxygen atoms in total. The molecule has 13 heteroatoms. The highest BCUT2D eigenvalue weighted by molar-refractivity contribution is 7.27. The third-order valence-corrected chi connectivity index (χ3v) is 6.62. The van der Waals surface area contributed by atoms with Crippen molar-refractivity contribution in [2.75, 3.05) is 79.2 Å². The number of halogens is 3. The van der Waals surface area contributed by atoms with Crippen LogP contribution in [0.2, 0.25) is 0 Å². The van der Waals surface area contributed by atoms with Gasteiger partial charge in [0.1, 0.15) is 11.6 Å². The van der Waals surface area contributed by atoms with Crippen LogP contribution in [0.15, 0.2) is 6.07 Å². The Morgan fingerprint density at radius 1 is 0.750 bits per heavy atom. The van der Waals surface area contributed by atoms with E-state index in [1.54, 1.807) is 0 Å². The van der Waals surface area contributed by atoms with E-state index in [9.17, 15) is 22.8 Å². The Balaban J connectivity index is 1.33. The van der Waals surface area contributed by atoms with Gasteiger partial charge in [-0.05, 0) is 38.8 Å². The molecule has 1 fully saturated rings. The van der Waals surface area contributed by atoms with Crippen LogP contribution in [0.3, 0.4) is 0 Å². The summed E-state index contributed by atoms with van der Waals surface area (Å²) in [5.41, 5.74) is 0. The summed E-state index contributed by atoms with van der Waals surface area (Å²) in [6.07, 6.45) is 4.24. The summed E-state index contributed by atoms with van der Waals surface area (Å²) >= 11 is 0. The van der Waals surface area contributed by atoms with Gasteiger partial charge in [-0.2, -0.15) is 4.39 Å². The maximum absolute atomic E-state index is 13.7. The number of carbonyl (C=O) groups is 2. The van der Waals surface area contributed by atoms with E-state index in [4.69, 9.17) is 28.4 Å². The third kappa shape index (κ3) is 14.3. The molecule has 1 aliphatic heterocycles. The number of esters is 1. The van der Waals surface area contributed by atoms with Gasteiger partial charge in [0.25, 0.3) is 0 Å². The quantitative estimate of drug-likeness (QED) is 0.0802. The van der Waals surface area contributed by atoms with Crippen molar-refractivity contribution in [2.45, 2.75) is 38.5 Å². The minimum absolute atomic E-state index is 0.0277. The molecule has 1 aliphatic rings. The SMILES string of the molecule is O=C(CCOCCOCCOCCOCCOCCC(=O)C1CCCNCCC1)Oc1c(F)c(F)cc(F)c1P. The van der Waals surface area contributed by atoms with Gasteiger partial charge in [0.2, 0.25) is 5.82 Å². The molecule has 1 N–H and O–H groups in total. The van der Waals surface area contributed by atoms with Crippen LogP contribution >= 0.6 is 9.24 Å². The van der Waals surface area contributed by atoms with E-state index in [-0.39, 0.29) is 37.5 Å². The van der Waals surface area contributed by atoms with Crippen molar-refractivity contribution in [2.24, 2.45) is 5.92 Å². The first-order valence-electron chi connectivity index (χ1n) is 13.7. The molecule has 1 heterocycles. The van der Waals surface area contributed by atoms with Gasteiger partial charge in [0.05, 0.1) is 77.8 Å². The van der Waals surface area contributed by atoms with Crippen LogP contribution in [-0.4, -0.2) is 90.9 Å². The van der Waals surface area contributed by atoms with Crippen molar-refractivity contribution in [3.63, 3.8) is 0 Å². The number of carbonyl (C=O) groups excluding carboxylic acids is 2. The monoisotopic (exact) mass is 595 g/mol. The molecule has 228 valence electrons. The van der Waals surface area contributed by atoms with Crippen molar-refractivity contribution in [1.82, 2.24) is 5.32 Å². The normalized spacial score (nSPS) is 14.6. The van der Waals surface area contributed by atoms with E-state index in [0.29, 0.717) is 64.5 Å². The zero-order valence-corrected chi connectivity index (χ0v) is 24.0. The van der Waals surface area contributed by atoms with Gasteiger partial charge in [-0.25, -0.2) is 8.78 Å². The number of ketones is 1. The predicted octanol–water partition coefficient (Wildman–Crippen LogP) is 2.72. The fourth-order valence-electron chi connectivity index (χ4n) is 3.90. The molecule has 0 saturated carbocycles. The number of hydrogen-bond acceptors (Lipinski definition) is 9. The van der Waals surface area contributed by atoms with Crippen molar-refractivity contribution in [3.8, 4) is 5.75 Å². The van der Waals surface area contributed by atoms with Crippen LogP contribution in [0, 0.1) is 23.4 Å². The number of nitrogens with one attached hydrogen (secondary N) is 1. The number of benzene rings is 1. The van der Waals surface area contributed by atoms with Gasteiger partial charge in [-0.1, -0.05) is 9.24 Å². The number of ether oxygens (including phenoxy) is 6. The second-order valence-corrected chi connectivity index (χ2v) is 9.71.